The first-order valence-corrected chi connectivity index (χ1v) is 4.00. The highest BCUT2D eigenvalue weighted by Crippen LogP contribution is 2.27. The molecule has 0 amide bonds. The Morgan fingerprint density at radius 2 is 2.15 bits per heavy atom. The van der Waals surface area contributed by atoms with Crippen LogP contribution in [-0.4, -0.2) is 16.4 Å². The van der Waals surface area contributed by atoms with Gasteiger partial charge in [-0.2, -0.15) is 13.9 Å². The number of halogens is 3. The van der Waals surface area contributed by atoms with Crippen molar-refractivity contribution in [3.63, 3.8) is 0 Å². The van der Waals surface area contributed by atoms with E-state index in [2.05, 4.69) is 16.0 Å². The highest BCUT2D eigenvalue weighted by molar-refractivity contribution is 6.31. The molecule has 0 N–H and O–H groups in total. The Balaban J connectivity index is 2.94. The number of hydrogen-bond acceptors (Lipinski definition) is 2. The summed E-state index contributed by atoms with van der Waals surface area (Å²) in [5, 5.41) is 3.64. The minimum Gasteiger partial charge on any atom is -0.416 e. The van der Waals surface area contributed by atoms with Gasteiger partial charge in [0.05, 0.1) is 6.04 Å². The third-order valence-corrected chi connectivity index (χ3v) is 1.59. The molecule has 0 aliphatic carbocycles. The number of hydrogen-bond donors (Lipinski definition) is 0. The highest BCUT2D eigenvalue weighted by Gasteiger charge is 2.17. The summed E-state index contributed by atoms with van der Waals surface area (Å²) in [4.78, 5) is 0. The summed E-state index contributed by atoms with van der Waals surface area (Å²) in [5.41, 5.74) is 0. The molecular weight excluding hydrogens is 202 g/mol. The van der Waals surface area contributed by atoms with Gasteiger partial charge in [-0.3, -0.25) is 0 Å². The third kappa shape index (κ3) is 2.30. The van der Waals surface area contributed by atoms with Gasteiger partial charge in [0.2, 0.25) is 5.88 Å². The zero-order chi connectivity index (χ0) is 10.0. The van der Waals surface area contributed by atoms with Crippen molar-refractivity contribution < 1.29 is 13.5 Å². The average Bonchev–Trinajstić information content (AvgIpc) is 2.32. The second kappa shape index (κ2) is 3.91. The van der Waals surface area contributed by atoms with E-state index in [-0.39, 0.29) is 16.9 Å². The molecule has 0 bridgehead atoms. The Morgan fingerprint density at radius 3 is 2.62 bits per heavy atom. The zero-order valence-corrected chi connectivity index (χ0v) is 7.85. The fraction of sp³-hybridized carbons (Fsp3) is 0.571. The van der Waals surface area contributed by atoms with Gasteiger partial charge in [-0.1, -0.05) is 11.6 Å². The van der Waals surface area contributed by atoms with E-state index in [1.54, 1.807) is 13.8 Å². The molecule has 0 atom stereocenters. The lowest BCUT2D eigenvalue weighted by Crippen LogP contribution is -2.10. The van der Waals surface area contributed by atoms with Gasteiger partial charge < -0.3 is 4.74 Å². The lowest BCUT2D eigenvalue weighted by atomic mass is 10.4. The lowest BCUT2D eigenvalue weighted by molar-refractivity contribution is -0.0563. The molecule has 0 saturated carbocycles. The van der Waals surface area contributed by atoms with Gasteiger partial charge >= 0.3 is 6.61 Å². The van der Waals surface area contributed by atoms with Crippen molar-refractivity contribution in [2.45, 2.75) is 26.5 Å². The van der Waals surface area contributed by atoms with Crippen LogP contribution in [0.25, 0.3) is 0 Å². The molecule has 1 heterocycles. The maximum absolute atomic E-state index is 11.9. The molecule has 0 spiro atoms. The van der Waals surface area contributed by atoms with Gasteiger partial charge in [-0.25, -0.2) is 4.68 Å². The summed E-state index contributed by atoms with van der Waals surface area (Å²) in [6, 6.07) is -0.0995. The van der Waals surface area contributed by atoms with Crippen LogP contribution in [0.15, 0.2) is 0 Å². The molecule has 6 heteroatoms. The number of nitrogens with zero attached hydrogens (tertiary/aromatic N) is 2. The van der Waals surface area contributed by atoms with Crippen LogP contribution in [-0.2, 0) is 0 Å². The Morgan fingerprint density at radius 1 is 1.54 bits per heavy atom. The monoisotopic (exact) mass is 209 g/mol. The molecule has 0 unspecified atom stereocenters. The first-order valence-electron chi connectivity index (χ1n) is 3.63. The Hall–Kier alpha value is -0.840. The highest BCUT2D eigenvalue weighted by atomic mass is 35.5. The summed E-state index contributed by atoms with van der Waals surface area (Å²) in [7, 11) is 0. The van der Waals surface area contributed by atoms with Crippen LogP contribution in [0.3, 0.4) is 0 Å². The second-order valence-electron chi connectivity index (χ2n) is 2.65. The largest absolute Gasteiger partial charge is 0.416 e. The molecule has 0 fully saturated rings. The smallest absolute Gasteiger partial charge is 0.388 e. The normalized spacial score (nSPS) is 11.3. The van der Waals surface area contributed by atoms with Crippen LogP contribution in [0, 0.1) is 6.20 Å². The van der Waals surface area contributed by atoms with E-state index >= 15 is 0 Å². The molecule has 73 valence electrons. The van der Waals surface area contributed by atoms with Crippen LogP contribution < -0.4 is 4.74 Å². The number of aromatic nitrogens is 2. The van der Waals surface area contributed by atoms with Crippen molar-refractivity contribution in [3.05, 3.63) is 11.2 Å². The van der Waals surface area contributed by atoms with Crippen molar-refractivity contribution >= 4 is 11.6 Å². The molecule has 1 aromatic heterocycles. The van der Waals surface area contributed by atoms with Crippen LogP contribution >= 0.6 is 11.6 Å². The van der Waals surface area contributed by atoms with Crippen molar-refractivity contribution in [3.8, 4) is 5.88 Å². The van der Waals surface area contributed by atoms with E-state index < -0.39 is 6.61 Å². The summed E-state index contributed by atoms with van der Waals surface area (Å²) >= 11 is 5.54. The summed E-state index contributed by atoms with van der Waals surface area (Å²) in [6.07, 6.45) is 2.34. The molecule has 0 aliphatic rings. The third-order valence-electron chi connectivity index (χ3n) is 1.34. The first-order chi connectivity index (χ1) is 6.02. The van der Waals surface area contributed by atoms with Gasteiger partial charge in [-0.05, 0) is 13.8 Å². The van der Waals surface area contributed by atoms with Crippen molar-refractivity contribution in [1.29, 1.82) is 0 Å². The summed E-state index contributed by atoms with van der Waals surface area (Å²) < 4.78 is 29.2. The number of rotatable bonds is 3. The Kier molecular flexibility index (Phi) is 3.08. The van der Waals surface area contributed by atoms with E-state index in [0.29, 0.717) is 0 Å². The second-order valence-corrected chi connectivity index (χ2v) is 3.03. The van der Waals surface area contributed by atoms with Crippen LogP contribution in [0.4, 0.5) is 8.78 Å². The zero-order valence-electron chi connectivity index (χ0n) is 7.09. The van der Waals surface area contributed by atoms with Crippen LogP contribution in [0.2, 0.25) is 5.02 Å². The molecule has 0 aliphatic heterocycles. The van der Waals surface area contributed by atoms with E-state index in [1.807, 2.05) is 0 Å². The molecule has 0 saturated heterocycles. The summed E-state index contributed by atoms with van der Waals surface area (Å²) in [6.45, 7) is 0.644. The molecule has 3 nitrogen and oxygen atoms in total. The SMILES string of the molecule is CC(C)n1n[c]c(Cl)c1OC(F)F. The van der Waals surface area contributed by atoms with E-state index in [0.717, 1.165) is 0 Å². The van der Waals surface area contributed by atoms with Crippen LogP contribution in [0.1, 0.15) is 19.9 Å². The predicted octanol–water partition coefficient (Wildman–Crippen LogP) is 2.52. The van der Waals surface area contributed by atoms with Crippen molar-refractivity contribution in [1.82, 2.24) is 9.78 Å². The Bertz CT molecular complexity index is 288. The fourth-order valence-electron chi connectivity index (χ4n) is 0.832. The van der Waals surface area contributed by atoms with Crippen LogP contribution in [0.5, 0.6) is 5.88 Å². The molecular formula is C7H8ClF2N2O. The van der Waals surface area contributed by atoms with E-state index in [9.17, 15) is 8.78 Å². The lowest BCUT2D eigenvalue weighted by Gasteiger charge is -2.10. The summed E-state index contributed by atoms with van der Waals surface area (Å²) in [5.74, 6) is -0.147. The molecule has 13 heavy (non-hydrogen) atoms. The van der Waals surface area contributed by atoms with Gasteiger partial charge in [0.1, 0.15) is 11.2 Å². The average molecular weight is 210 g/mol. The first kappa shape index (κ1) is 10.2. The van der Waals surface area contributed by atoms with E-state index in [1.165, 1.54) is 4.68 Å². The van der Waals surface area contributed by atoms with Gasteiger partial charge in [-0.15, -0.1) is 0 Å². The minimum absolute atomic E-state index is 0.0333. The molecule has 1 radical (unpaired) electrons. The predicted molar refractivity (Wildman–Crippen MR) is 43.1 cm³/mol. The minimum atomic E-state index is -2.90. The van der Waals surface area contributed by atoms with Gasteiger partial charge in [0, 0.05) is 0 Å². The fourth-order valence-corrected chi connectivity index (χ4v) is 1.00. The quantitative estimate of drug-likeness (QED) is 0.765. The standard InChI is InChI=1S/C7H8ClF2N2O/c1-4(2)12-6(13-7(9)10)5(8)3-11-12/h4,7H,1-2H3. The van der Waals surface area contributed by atoms with Gasteiger partial charge in [0.15, 0.2) is 0 Å². The van der Waals surface area contributed by atoms with Crippen molar-refractivity contribution in [2.75, 3.05) is 0 Å². The molecule has 0 aromatic carbocycles. The topological polar surface area (TPSA) is 27.1 Å². The number of ether oxygens (including phenoxy) is 1. The van der Waals surface area contributed by atoms with Crippen molar-refractivity contribution in [2.24, 2.45) is 0 Å². The maximum Gasteiger partial charge on any atom is 0.388 e. The molecule has 1 rings (SSSR count). The number of alkyl halides is 2. The van der Waals surface area contributed by atoms with E-state index in [4.69, 9.17) is 11.6 Å². The Labute approximate surface area is 79.2 Å². The maximum atomic E-state index is 11.9. The molecule has 1 aromatic rings. The van der Waals surface area contributed by atoms with Gasteiger partial charge in [0.25, 0.3) is 0 Å².